The number of urea groups is 1. The lowest BCUT2D eigenvalue weighted by Crippen LogP contribution is -2.56. The van der Waals surface area contributed by atoms with Crippen LogP contribution in [0, 0.1) is 0 Å². The summed E-state index contributed by atoms with van der Waals surface area (Å²) in [5.41, 5.74) is 1.07. The monoisotopic (exact) mass is 445 g/mol. The third-order valence-corrected chi connectivity index (χ3v) is 5.59. The summed E-state index contributed by atoms with van der Waals surface area (Å²) in [4.78, 5) is 29.8. The highest BCUT2D eigenvalue weighted by Gasteiger charge is 2.46. The van der Waals surface area contributed by atoms with Crippen LogP contribution in [0.5, 0.6) is 0 Å². The Balaban J connectivity index is 0.000000339. The Bertz CT molecular complexity index is 743. The van der Waals surface area contributed by atoms with E-state index in [0.717, 1.165) is 44.3 Å². The Kier molecular flexibility index (Phi) is 7.71. The molecule has 3 atom stereocenters. The molecule has 4 rings (SSSR count). The third-order valence-electron chi connectivity index (χ3n) is 5.59. The van der Waals surface area contributed by atoms with Crippen LogP contribution in [0.3, 0.4) is 0 Å². The number of morpholine rings is 1. The van der Waals surface area contributed by atoms with E-state index in [0.29, 0.717) is 19.8 Å². The molecule has 1 aromatic rings. The molecule has 2 aliphatic heterocycles. The minimum Gasteiger partial charge on any atom is -0.475 e. The van der Waals surface area contributed by atoms with Gasteiger partial charge < -0.3 is 24.4 Å². The normalized spacial score (nSPS) is 25.6. The average molecular weight is 445 g/mol. The van der Waals surface area contributed by atoms with E-state index in [2.05, 4.69) is 4.98 Å². The number of carbonyl (C=O) groups excluding carboxylic acids is 1. The van der Waals surface area contributed by atoms with Crippen molar-refractivity contribution in [1.82, 2.24) is 14.8 Å². The number of carboxylic acid groups (broad SMARTS) is 1. The number of aromatic nitrogens is 1. The van der Waals surface area contributed by atoms with Crippen molar-refractivity contribution in [2.75, 3.05) is 26.2 Å². The zero-order valence-corrected chi connectivity index (χ0v) is 17.0. The first kappa shape index (κ1) is 23.3. The number of amides is 2. The van der Waals surface area contributed by atoms with Crippen LogP contribution in [0.4, 0.5) is 18.0 Å². The van der Waals surface area contributed by atoms with Gasteiger partial charge in [-0.15, -0.1) is 0 Å². The van der Waals surface area contributed by atoms with E-state index >= 15 is 0 Å². The van der Waals surface area contributed by atoms with Gasteiger partial charge in [0.2, 0.25) is 0 Å². The summed E-state index contributed by atoms with van der Waals surface area (Å²) >= 11 is 0. The number of alkyl halides is 3. The molecule has 11 heteroatoms. The molecule has 0 unspecified atom stereocenters. The van der Waals surface area contributed by atoms with Gasteiger partial charge in [-0.05, 0) is 37.3 Å². The first-order valence-corrected chi connectivity index (χ1v) is 10.2. The van der Waals surface area contributed by atoms with Crippen LogP contribution in [0.1, 0.15) is 31.2 Å². The number of carboxylic acids is 1. The number of halogens is 3. The van der Waals surface area contributed by atoms with Crippen LogP contribution >= 0.6 is 0 Å². The van der Waals surface area contributed by atoms with Gasteiger partial charge >= 0.3 is 18.2 Å². The number of nitrogens with zero attached hydrogens (tertiary/aromatic N) is 3. The molecule has 172 valence electrons. The van der Waals surface area contributed by atoms with Crippen LogP contribution in [0.15, 0.2) is 24.5 Å². The van der Waals surface area contributed by atoms with E-state index in [9.17, 15) is 18.0 Å². The predicted molar refractivity (Wildman–Crippen MR) is 102 cm³/mol. The zero-order valence-electron chi connectivity index (χ0n) is 17.0. The number of pyridine rings is 1. The van der Waals surface area contributed by atoms with E-state index in [1.807, 2.05) is 28.1 Å². The molecule has 3 fully saturated rings. The number of ether oxygens (including phenoxy) is 2. The second-order valence-electron chi connectivity index (χ2n) is 7.66. The van der Waals surface area contributed by atoms with E-state index in [1.54, 1.807) is 6.20 Å². The second-order valence-corrected chi connectivity index (χ2v) is 7.66. The molecule has 1 aliphatic carbocycles. The molecule has 31 heavy (non-hydrogen) atoms. The summed E-state index contributed by atoms with van der Waals surface area (Å²) in [6.07, 6.45) is 2.73. The van der Waals surface area contributed by atoms with Crippen molar-refractivity contribution in [3.05, 3.63) is 30.1 Å². The molecule has 1 aromatic heterocycles. The Hall–Kier alpha value is -2.40. The van der Waals surface area contributed by atoms with Gasteiger partial charge in [0.1, 0.15) is 6.10 Å². The Morgan fingerprint density at radius 2 is 1.94 bits per heavy atom. The fourth-order valence-corrected chi connectivity index (χ4v) is 4.11. The van der Waals surface area contributed by atoms with Gasteiger partial charge in [-0.25, -0.2) is 9.59 Å². The lowest BCUT2D eigenvalue weighted by molar-refractivity contribution is -0.192. The van der Waals surface area contributed by atoms with Crippen molar-refractivity contribution < 1.29 is 37.3 Å². The lowest BCUT2D eigenvalue weighted by atomic mass is 10.1. The van der Waals surface area contributed by atoms with E-state index in [1.165, 1.54) is 0 Å². The Morgan fingerprint density at radius 3 is 2.55 bits per heavy atom. The minimum atomic E-state index is -5.08. The fraction of sp³-hybridized carbons (Fsp3) is 0.650. The van der Waals surface area contributed by atoms with Crippen molar-refractivity contribution in [2.45, 2.75) is 56.7 Å². The van der Waals surface area contributed by atoms with Crippen molar-refractivity contribution in [1.29, 1.82) is 0 Å². The smallest absolute Gasteiger partial charge is 0.475 e. The summed E-state index contributed by atoms with van der Waals surface area (Å²) in [5.74, 6) is -2.76. The number of aliphatic carboxylic acids is 1. The molecule has 2 amide bonds. The van der Waals surface area contributed by atoms with Gasteiger partial charge in [-0.1, -0.05) is 6.07 Å². The first-order valence-electron chi connectivity index (χ1n) is 10.2. The van der Waals surface area contributed by atoms with Gasteiger partial charge in [-0.3, -0.25) is 4.98 Å². The number of hydrogen-bond acceptors (Lipinski definition) is 5. The molecule has 0 spiro atoms. The molecule has 2 saturated heterocycles. The number of carbonyl (C=O) groups is 2. The quantitative estimate of drug-likeness (QED) is 0.769. The van der Waals surface area contributed by atoms with Crippen molar-refractivity contribution in [3.8, 4) is 0 Å². The van der Waals surface area contributed by atoms with Gasteiger partial charge in [0.25, 0.3) is 0 Å². The average Bonchev–Trinajstić information content (AvgIpc) is 3.42. The number of rotatable bonds is 3. The third kappa shape index (κ3) is 6.07. The number of likely N-dealkylation sites (tertiary alicyclic amines) is 1. The van der Waals surface area contributed by atoms with Crippen molar-refractivity contribution >= 4 is 12.0 Å². The molecule has 1 saturated carbocycles. The minimum absolute atomic E-state index is 0.00183. The summed E-state index contributed by atoms with van der Waals surface area (Å²) in [6, 6.07) is 4.29. The highest BCUT2D eigenvalue weighted by Crippen LogP contribution is 2.33. The highest BCUT2D eigenvalue weighted by atomic mass is 19.4. The van der Waals surface area contributed by atoms with Crippen LogP contribution in [-0.2, 0) is 20.9 Å². The molecular formula is C20H26F3N3O5. The maximum absolute atomic E-state index is 12.8. The fourth-order valence-electron chi connectivity index (χ4n) is 4.11. The lowest BCUT2D eigenvalue weighted by Gasteiger charge is -2.40. The Morgan fingerprint density at radius 1 is 1.23 bits per heavy atom. The summed E-state index contributed by atoms with van der Waals surface area (Å²) in [7, 11) is 0. The molecule has 0 radical (unpaired) electrons. The topological polar surface area (TPSA) is 92.2 Å². The van der Waals surface area contributed by atoms with E-state index < -0.39 is 12.1 Å². The van der Waals surface area contributed by atoms with Crippen LogP contribution in [-0.4, -0.2) is 82.6 Å². The van der Waals surface area contributed by atoms with Crippen molar-refractivity contribution in [2.24, 2.45) is 0 Å². The molecule has 3 aliphatic rings. The van der Waals surface area contributed by atoms with Gasteiger partial charge in [0.05, 0.1) is 25.4 Å². The van der Waals surface area contributed by atoms with Crippen LogP contribution < -0.4 is 0 Å². The molecular weight excluding hydrogens is 419 g/mol. The molecule has 0 aromatic carbocycles. The SMILES string of the molecule is O=C(N1CCCC1)N1CCO[C@H]2[C@H](OCc3cccnc3)CC[C@@H]21.O=C(O)C(F)(F)F. The maximum atomic E-state index is 12.8. The summed E-state index contributed by atoms with van der Waals surface area (Å²) in [6.45, 7) is 3.65. The number of hydrogen-bond donors (Lipinski definition) is 1. The van der Waals surface area contributed by atoms with Crippen molar-refractivity contribution in [3.63, 3.8) is 0 Å². The van der Waals surface area contributed by atoms with Crippen LogP contribution in [0.25, 0.3) is 0 Å². The highest BCUT2D eigenvalue weighted by molar-refractivity contribution is 5.75. The molecule has 1 N–H and O–H groups in total. The molecule has 0 bridgehead atoms. The van der Waals surface area contributed by atoms with E-state index in [-0.39, 0.29) is 24.3 Å². The Labute approximate surface area is 177 Å². The molecule has 8 nitrogen and oxygen atoms in total. The predicted octanol–water partition coefficient (Wildman–Crippen LogP) is 2.68. The van der Waals surface area contributed by atoms with E-state index in [4.69, 9.17) is 19.4 Å². The maximum Gasteiger partial charge on any atom is 0.490 e. The molecule has 3 heterocycles. The van der Waals surface area contributed by atoms with Gasteiger partial charge in [0.15, 0.2) is 0 Å². The summed E-state index contributed by atoms with van der Waals surface area (Å²) in [5, 5.41) is 7.12. The zero-order chi connectivity index (χ0) is 22.4. The van der Waals surface area contributed by atoms with Gasteiger partial charge in [-0.2, -0.15) is 13.2 Å². The van der Waals surface area contributed by atoms with Crippen LogP contribution in [0.2, 0.25) is 0 Å². The summed E-state index contributed by atoms with van der Waals surface area (Å²) < 4.78 is 43.8. The standard InChI is InChI=1S/C18H25N3O3.C2HF3O2/c22-18(20-8-1-2-9-20)21-10-11-23-17-15(21)5-6-16(17)24-13-14-4-3-7-19-12-14;3-2(4,5)1(6)7/h3-4,7,12,15-17H,1-2,5-6,8-11,13H2;(H,6,7)/t15-,16+,17+;/m0./s1. The first-order chi connectivity index (χ1) is 14.8. The van der Waals surface area contributed by atoms with Gasteiger partial charge in [0, 0.05) is 32.0 Å². The second kappa shape index (κ2) is 10.3. The number of fused-ring (bicyclic) bond motifs is 1. The largest absolute Gasteiger partial charge is 0.490 e.